The van der Waals surface area contributed by atoms with Crippen molar-refractivity contribution < 1.29 is 9.15 Å². The van der Waals surface area contributed by atoms with Gasteiger partial charge >= 0.3 is 5.63 Å². The molecule has 0 saturated heterocycles. The minimum absolute atomic E-state index is 0.325. The van der Waals surface area contributed by atoms with Crippen LogP contribution in [0.3, 0.4) is 0 Å². The monoisotopic (exact) mass is 316 g/mol. The molecular weight excluding hydrogens is 300 g/mol. The fraction of sp³-hybridized carbons (Fsp3) is 0.0952. The van der Waals surface area contributed by atoms with Crippen LogP contribution in [-0.2, 0) is 6.61 Å². The van der Waals surface area contributed by atoms with E-state index in [0.717, 1.165) is 16.3 Å². The third-order valence-corrected chi connectivity index (χ3v) is 4.12. The molecule has 0 saturated carbocycles. The molecule has 24 heavy (non-hydrogen) atoms. The summed E-state index contributed by atoms with van der Waals surface area (Å²) in [7, 11) is 0. The lowest BCUT2D eigenvalue weighted by molar-refractivity contribution is 0.306. The quantitative estimate of drug-likeness (QED) is 0.401. The standard InChI is InChI=1S/C21H16O3/c1-14-6-8-15(9-7-14)13-23-16-10-11-18-17-4-2-3-5-19(17)21(22)24-20(18)12-16/h2-12H,13H2,1H3. The van der Waals surface area contributed by atoms with Crippen molar-refractivity contribution >= 4 is 21.7 Å². The lowest BCUT2D eigenvalue weighted by atomic mass is 10.1. The molecule has 0 aliphatic rings. The first-order valence-electron chi connectivity index (χ1n) is 7.85. The molecule has 0 aliphatic heterocycles. The molecule has 4 rings (SSSR count). The Morgan fingerprint density at radius 3 is 2.42 bits per heavy atom. The molecule has 0 N–H and O–H groups in total. The SMILES string of the molecule is Cc1ccc(COc2ccc3c(c2)oc(=O)c2ccccc23)cc1. The van der Waals surface area contributed by atoms with Crippen LogP contribution in [0.25, 0.3) is 21.7 Å². The highest BCUT2D eigenvalue weighted by atomic mass is 16.5. The van der Waals surface area contributed by atoms with Crippen molar-refractivity contribution in [1.29, 1.82) is 0 Å². The summed E-state index contributed by atoms with van der Waals surface area (Å²) < 4.78 is 11.3. The summed E-state index contributed by atoms with van der Waals surface area (Å²) in [6.07, 6.45) is 0. The molecule has 0 bridgehead atoms. The van der Waals surface area contributed by atoms with Crippen LogP contribution in [0.5, 0.6) is 5.75 Å². The fourth-order valence-electron chi connectivity index (χ4n) is 2.80. The van der Waals surface area contributed by atoms with Gasteiger partial charge in [0, 0.05) is 11.5 Å². The average Bonchev–Trinajstić information content (AvgIpc) is 2.61. The van der Waals surface area contributed by atoms with Crippen molar-refractivity contribution in [3.05, 3.63) is 88.3 Å². The largest absolute Gasteiger partial charge is 0.489 e. The topological polar surface area (TPSA) is 39.4 Å². The van der Waals surface area contributed by atoms with Gasteiger partial charge in [-0.25, -0.2) is 4.79 Å². The van der Waals surface area contributed by atoms with Gasteiger partial charge < -0.3 is 9.15 Å². The fourth-order valence-corrected chi connectivity index (χ4v) is 2.80. The van der Waals surface area contributed by atoms with Crippen LogP contribution in [0.4, 0.5) is 0 Å². The molecule has 3 nitrogen and oxygen atoms in total. The predicted octanol–water partition coefficient (Wildman–Crippen LogP) is 4.83. The molecule has 0 atom stereocenters. The first-order chi connectivity index (χ1) is 11.7. The summed E-state index contributed by atoms with van der Waals surface area (Å²) in [5.74, 6) is 0.682. The van der Waals surface area contributed by atoms with Crippen LogP contribution in [0.15, 0.2) is 75.9 Å². The molecule has 118 valence electrons. The molecule has 3 heteroatoms. The number of ether oxygens (including phenoxy) is 1. The molecular formula is C21H16O3. The molecule has 0 radical (unpaired) electrons. The van der Waals surface area contributed by atoms with E-state index in [2.05, 4.69) is 19.1 Å². The van der Waals surface area contributed by atoms with Gasteiger partial charge in [0.25, 0.3) is 0 Å². The van der Waals surface area contributed by atoms with E-state index in [9.17, 15) is 4.79 Å². The normalized spacial score (nSPS) is 11.0. The number of aryl methyl sites for hydroxylation is 1. The van der Waals surface area contributed by atoms with E-state index >= 15 is 0 Å². The zero-order chi connectivity index (χ0) is 16.5. The van der Waals surface area contributed by atoms with Crippen LogP contribution in [-0.4, -0.2) is 0 Å². The highest BCUT2D eigenvalue weighted by Crippen LogP contribution is 2.26. The molecule has 3 aromatic carbocycles. The van der Waals surface area contributed by atoms with E-state index in [1.54, 1.807) is 12.1 Å². The van der Waals surface area contributed by atoms with E-state index in [1.165, 1.54) is 5.56 Å². The Hall–Kier alpha value is -3.07. The van der Waals surface area contributed by atoms with Gasteiger partial charge in [-0.05, 0) is 36.1 Å². The maximum absolute atomic E-state index is 12.1. The second kappa shape index (κ2) is 5.85. The maximum atomic E-state index is 12.1. The van der Waals surface area contributed by atoms with Crippen molar-refractivity contribution in [3.63, 3.8) is 0 Å². The van der Waals surface area contributed by atoms with E-state index in [1.807, 2.05) is 42.5 Å². The van der Waals surface area contributed by atoms with Crippen LogP contribution in [0.1, 0.15) is 11.1 Å². The lowest BCUT2D eigenvalue weighted by Gasteiger charge is -2.08. The molecule has 0 aliphatic carbocycles. The Labute approximate surface area is 139 Å². The van der Waals surface area contributed by atoms with Gasteiger partial charge in [0.15, 0.2) is 0 Å². The third kappa shape index (κ3) is 2.65. The van der Waals surface area contributed by atoms with Gasteiger partial charge in [0.2, 0.25) is 0 Å². The minimum Gasteiger partial charge on any atom is -0.489 e. The molecule has 0 spiro atoms. The maximum Gasteiger partial charge on any atom is 0.344 e. The summed E-state index contributed by atoms with van der Waals surface area (Å²) in [4.78, 5) is 12.1. The predicted molar refractivity (Wildman–Crippen MR) is 95.5 cm³/mol. The van der Waals surface area contributed by atoms with Crippen molar-refractivity contribution in [2.24, 2.45) is 0 Å². The van der Waals surface area contributed by atoms with Crippen LogP contribution in [0, 0.1) is 6.92 Å². The summed E-state index contributed by atoms with van der Waals surface area (Å²) in [6, 6.07) is 21.3. The minimum atomic E-state index is -0.325. The Bertz CT molecular complexity index is 1080. The molecule has 0 amide bonds. The molecule has 4 aromatic rings. The van der Waals surface area contributed by atoms with Crippen molar-refractivity contribution in [2.45, 2.75) is 13.5 Å². The number of fused-ring (bicyclic) bond motifs is 3. The van der Waals surface area contributed by atoms with E-state index in [4.69, 9.17) is 9.15 Å². The first-order valence-corrected chi connectivity index (χ1v) is 7.85. The first kappa shape index (κ1) is 14.5. The lowest BCUT2D eigenvalue weighted by Crippen LogP contribution is -2.00. The Kier molecular flexibility index (Phi) is 3.54. The second-order valence-electron chi connectivity index (χ2n) is 5.87. The molecule has 0 unspecified atom stereocenters. The van der Waals surface area contributed by atoms with E-state index in [0.29, 0.717) is 23.3 Å². The van der Waals surface area contributed by atoms with Gasteiger partial charge in [-0.1, -0.05) is 48.0 Å². The zero-order valence-corrected chi connectivity index (χ0v) is 13.3. The van der Waals surface area contributed by atoms with E-state index in [-0.39, 0.29) is 5.63 Å². The summed E-state index contributed by atoms with van der Waals surface area (Å²) in [5.41, 5.74) is 2.53. The number of rotatable bonds is 3. The van der Waals surface area contributed by atoms with Crippen LogP contribution in [0.2, 0.25) is 0 Å². The number of benzene rings is 3. The molecule has 0 fully saturated rings. The zero-order valence-electron chi connectivity index (χ0n) is 13.3. The Morgan fingerprint density at radius 1 is 0.875 bits per heavy atom. The smallest absolute Gasteiger partial charge is 0.344 e. The highest BCUT2D eigenvalue weighted by molar-refractivity contribution is 6.04. The van der Waals surface area contributed by atoms with E-state index < -0.39 is 0 Å². The van der Waals surface area contributed by atoms with Gasteiger partial charge in [-0.2, -0.15) is 0 Å². The third-order valence-electron chi connectivity index (χ3n) is 4.12. The average molecular weight is 316 g/mol. The summed E-state index contributed by atoms with van der Waals surface area (Å²) in [6.45, 7) is 2.53. The van der Waals surface area contributed by atoms with Crippen LogP contribution < -0.4 is 10.4 Å². The van der Waals surface area contributed by atoms with Gasteiger partial charge in [-0.3, -0.25) is 0 Å². The summed E-state index contributed by atoms with van der Waals surface area (Å²) >= 11 is 0. The Morgan fingerprint density at radius 2 is 1.62 bits per heavy atom. The van der Waals surface area contributed by atoms with Gasteiger partial charge in [-0.15, -0.1) is 0 Å². The van der Waals surface area contributed by atoms with Gasteiger partial charge in [0.05, 0.1) is 5.39 Å². The van der Waals surface area contributed by atoms with Crippen molar-refractivity contribution in [3.8, 4) is 5.75 Å². The van der Waals surface area contributed by atoms with Crippen molar-refractivity contribution in [1.82, 2.24) is 0 Å². The number of hydrogen-bond acceptors (Lipinski definition) is 3. The molecule has 1 heterocycles. The number of hydrogen-bond donors (Lipinski definition) is 0. The van der Waals surface area contributed by atoms with Gasteiger partial charge in [0.1, 0.15) is 17.9 Å². The summed E-state index contributed by atoms with van der Waals surface area (Å²) in [5, 5.41) is 2.40. The van der Waals surface area contributed by atoms with Crippen LogP contribution >= 0.6 is 0 Å². The van der Waals surface area contributed by atoms with Crippen molar-refractivity contribution in [2.75, 3.05) is 0 Å². The highest BCUT2D eigenvalue weighted by Gasteiger charge is 2.08. The molecule has 1 aromatic heterocycles. The Balaban J connectivity index is 1.69. The second-order valence-corrected chi connectivity index (χ2v) is 5.87.